The van der Waals surface area contributed by atoms with Gasteiger partial charge in [0, 0.05) is 37.8 Å². The number of carbonyl (C=O) groups excluding carboxylic acids is 2. The molecule has 33 heavy (non-hydrogen) atoms. The third-order valence-electron chi connectivity index (χ3n) is 6.71. The first kappa shape index (κ1) is 23.3. The number of likely N-dealkylation sites (tertiary alicyclic amines) is 2. The molecule has 0 saturated carbocycles. The molecule has 2 aliphatic rings. The van der Waals surface area contributed by atoms with Crippen LogP contribution in [-0.2, 0) is 11.3 Å². The summed E-state index contributed by atoms with van der Waals surface area (Å²) in [5, 5.41) is 2.67. The lowest BCUT2D eigenvalue weighted by Crippen LogP contribution is -2.56. The largest absolute Gasteiger partial charge is 0.404 e. The zero-order chi connectivity index (χ0) is 23.5. The van der Waals surface area contributed by atoms with Crippen molar-refractivity contribution in [2.45, 2.75) is 38.0 Å². The molecule has 1 unspecified atom stereocenters. The van der Waals surface area contributed by atoms with Gasteiger partial charge in [-0.1, -0.05) is 48.5 Å². The van der Waals surface area contributed by atoms with Gasteiger partial charge in [0.1, 0.15) is 0 Å². The van der Waals surface area contributed by atoms with Gasteiger partial charge in [-0.3, -0.25) is 14.5 Å². The van der Waals surface area contributed by atoms with Crippen molar-refractivity contribution in [2.75, 3.05) is 26.2 Å². The average Bonchev–Trinajstić information content (AvgIpc) is 3.26. The molecule has 2 amide bonds. The second-order valence-electron chi connectivity index (χ2n) is 8.93. The first-order valence-electron chi connectivity index (χ1n) is 11.3. The summed E-state index contributed by atoms with van der Waals surface area (Å²) in [5.41, 5.74) is -0.898. The SMILES string of the molecule is O=C(c1ccccc1)N1CCC(NC(=O)C2(C(F)(F)F)CCN(Cc3ccccc3)C2)CC1. The van der Waals surface area contributed by atoms with E-state index < -0.39 is 17.5 Å². The quantitative estimate of drug-likeness (QED) is 0.739. The smallest absolute Gasteiger partial charge is 0.352 e. The van der Waals surface area contributed by atoms with Crippen LogP contribution in [-0.4, -0.2) is 60.0 Å². The lowest BCUT2D eigenvalue weighted by atomic mass is 9.84. The summed E-state index contributed by atoms with van der Waals surface area (Å²) in [7, 11) is 0. The van der Waals surface area contributed by atoms with E-state index in [0.717, 1.165) is 5.56 Å². The Labute approximate surface area is 191 Å². The van der Waals surface area contributed by atoms with Gasteiger partial charge in [0.05, 0.1) is 0 Å². The molecule has 2 aliphatic heterocycles. The van der Waals surface area contributed by atoms with Crippen molar-refractivity contribution in [3.05, 3.63) is 71.8 Å². The molecule has 1 atom stereocenters. The van der Waals surface area contributed by atoms with E-state index in [4.69, 9.17) is 0 Å². The maximum absolute atomic E-state index is 14.1. The molecular formula is C25H28F3N3O2. The first-order chi connectivity index (χ1) is 15.8. The van der Waals surface area contributed by atoms with Crippen LogP contribution in [0.2, 0.25) is 0 Å². The highest BCUT2D eigenvalue weighted by Gasteiger charge is 2.63. The van der Waals surface area contributed by atoms with E-state index in [0.29, 0.717) is 38.0 Å². The van der Waals surface area contributed by atoms with Crippen molar-refractivity contribution >= 4 is 11.8 Å². The zero-order valence-corrected chi connectivity index (χ0v) is 18.4. The number of hydrogen-bond donors (Lipinski definition) is 1. The lowest BCUT2D eigenvalue weighted by Gasteiger charge is -2.36. The highest BCUT2D eigenvalue weighted by Crippen LogP contribution is 2.46. The van der Waals surface area contributed by atoms with Gasteiger partial charge >= 0.3 is 6.18 Å². The van der Waals surface area contributed by atoms with Crippen LogP contribution in [0.3, 0.4) is 0 Å². The lowest BCUT2D eigenvalue weighted by molar-refractivity contribution is -0.218. The van der Waals surface area contributed by atoms with E-state index in [1.54, 1.807) is 34.1 Å². The monoisotopic (exact) mass is 459 g/mol. The average molecular weight is 460 g/mol. The maximum atomic E-state index is 14.1. The van der Waals surface area contributed by atoms with Crippen LogP contribution in [0.1, 0.15) is 35.2 Å². The molecule has 2 saturated heterocycles. The Morgan fingerprint density at radius 3 is 2.15 bits per heavy atom. The Kier molecular flexibility index (Phi) is 6.74. The number of rotatable bonds is 5. The summed E-state index contributed by atoms with van der Waals surface area (Å²) in [6, 6.07) is 17.8. The molecule has 2 aromatic rings. The summed E-state index contributed by atoms with van der Waals surface area (Å²) in [5.74, 6) is -1.04. The molecule has 1 N–H and O–H groups in total. The molecule has 2 heterocycles. The highest BCUT2D eigenvalue weighted by atomic mass is 19.4. The van der Waals surface area contributed by atoms with Crippen LogP contribution < -0.4 is 5.32 Å². The molecule has 5 nitrogen and oxygen atoms in total. The van der Waals surface area contributed by atoms with Crippen molar-refractivity contribution in [3.63, 3.8) is 0 Å². The fourth-order valence-electron chi connectivity index (χ4n) is 4.72. The third-order valence-corrected chi connectivity index (χ3v) is 6.71. The Morgan fingerprint density at radius 2 is 1.55 bits per heavy atom. The predicted octanol–water partition coefficient (Wildman–Crippen LogP) is 3.86. The number of carbonyl (C=O) groups is 2. The Balaban J connectivity index is 1.36. The van der Waals surface area contributed by atoms with Gasteiger partial charge < -0.3 is 10.2 Å². The van der Waals surface area contributed by atoms with Crippen molar-refractivity contribution in [2.24, 2.45) is 5.41 Å². The fourth-order valence-corrected chi connectivity index (χ4v) is 4.72. The number of nitrogens with one attached hydrogen (secondary N) is 1. The molecule has 8 heteroatoms. The maximum Gasteiger partial charge on any atom is 0.404 e. The van der Waals surface area contributed by atoms with E-state index in [9.17, 15) is 22.8 Å². The molecule has 4 rings (SSSR count). The topological polar surface area (TPSA) is 52.7 Å². The Morgan fingerprint density at radius 1 is 0.939 bits per heavy atom. The molecule has 0 spiro atoms. The molecular weight excluding hydrogens is 431 g/mol. The molecule has 2 aromatic carbocycles. The van der Waals surface area contributed by atoms with Crippen molar-refractivity contribution in [1.29, 1.82) is 0 Å². The fraction of sp³-hybridized carbons (Fsp3) is 0.440. The number of alkyl halides is 3. The second kappa shape index (κ2) is 9.55. The number of benzene rings is 2. The van der Waals surface area contributed by atoms with Crippen LogP contribution in [0.5, 0.6) is 0 Å². The number of hydrogen-bond acceptors (Lipinski definition) is 3. The molecule has 0 aliphatic carbocycles. The van der Waals surface area contributed by atoms with Crippen LogP contribution in [0.25, 0.3) is 0 Å². The van der Waals surface area contributed by atoms with Gasteiger partial charge in [0.25, 0.3) is 5.91 Å². The van der Waals surface area contributed by atoms with Gasteiger partial charge in [0.2, 0.25) is 5.91 Å². The number of nitrogens with zero attached hydrogens (tertiary/aromatic N) is 2. The molecule has 0 radical (unpaired) electrons. The van der Waals surface area contributed by atoms with Crippen LogP contribution in [0.4, 0.5) is 13.2 Å². The van der Waals surface area contributed by atoms with Crippen molar-refractivity contribution in [1.82, 2.24) is 15.1 Å². The predicted molar refractivity (Wildman–Crippen MR) is 118 cm³/mol. The molecule has 2 fully saturated rings. The first-order valence-corrected chi connectivity index (χ1v) is 11.3. The molecule has 0 bridgehead atoms. The standard InChI is InChI=1S/C25H28F3N3O2/c26-25(27,28)24(13-16-30(18-24)17-19-7-3-1-4-8-19)23(33)29-21-11-14-31(15-12-21)22(32)20-9-5-2-6-10-20/h1-10,21H,11-18H2,(H,29,33). The highest BCUT2D eigenvalue weighted by molar-refractivity contribution is 5.94. The van der Waals surface area contributed by atoms with Gasteiger partial charge in [-0.05, 0) is 43.5 Å². The van der Waals surface area contributed by atoms with E-state index >= 15 is 0 Å². The van der Waals surface area contributed by atoms with E-state index in [2.05, 4.69) is 5.32 Å². The van der Waals surface area contributed by atoms with Crippen LogP contribution >= 0.6 is 0 Å². The van der Waals surface area contributed by atoms with Gasteiger partial charge in [-0.2, -0.15) is 13.2 Å². The minimum absolute atomic E-state index is 0.0977. The summed E-state index contributed by atoms with van der Waals surface area (Å²) in [6.07, 6.45) is -4.01. The summed E-state index contributed by atoms with van der Waals surface area (Å²) in [4.78, 5) is 29.0. The van der Waals surface area contributed by atoms with Crippen molar-refractivity contribution in [3.8, 4) is 0 Å². The van der Waals surface area contributed by atoms with Gasteiger partial charge in [0.15, 0.2) is 5.41 Å². The number of halogens is 3. The van der Waals surface area contributed by atoms with Gasteiger partial charge in [-0.15, -0.1) is 0 Å². The summed E-state index contributed by atoms with van der Waals surface area (Å²) < 4.78 is 42.4. The minimum atomic E-state index is -4.63. The molecule has 0 aromatic heterocycles. The Hall–Kier alpha value is -2.87. The van der Waals surface area contributed by atoms with Crippen LogP contribution in [0, 0.1) is 5.41 Å². The normalized spacial score (nSPS) is 22.3. The minimum Gasteiger partial charge on any atom is -0.352 e. The van der Waals surface area contributed by atoms with E-state index in [-0.39, 0.29) is 31.5 Å². The summed E-state index contributed by atoms with van der Waals surface area (Å²) >= 11 is 0. The molecule has 176 valence electrons. The number of piperidine rings is 1. The Bertz CT molecular complexity index is 960. The summed E-state index contributed by atoms with van der Waals surface area (Å²) in [6.45, 7) is 1.05. The van der Waals surface area contributed by atoms with Gasteiger partial charge in [-0.25, -0.2) is 0 Å². The second-order valence-corrected chi connectivity index (χ2v) is 8.93. The zero-order valence-electron chi connectivity index (χ0n) is 18.4. The third kappa shape index (κ3) is 5.05. The van der Waals surface area contributed by atoms with E-state index in [1.807, 2.05) is 36.4 Å². The number of amides is 2. The van der Waals surface area contributed by atoms with Crippen LogP contribution in [0.15, 0.2) is 60.7 Å². The van der Waals surface area contributed by atoms with Crippen molar-refractivity contribution < 1.29 is 22.8 Å². The van der Waals surface area contributed by atoms with E-state index in [1.165, 1.54) is 0 Å².